The van der Waals surface area contributed by atoms with Gasteiger partial charge >= 0.3 is 12.1 Å². The molecule has 4 rings (SSSR count). The zero-order valence-electron chi connectivity index (χ0n) is 20.5. The number of nitrogens with one attached hydrogen (secondary N) is 3. The fraction of sp³-hybridized carbons (Fsp3) is 0.385. The number of amides is 1. The third-order valence-corrected chi connectivity index (χ3v) is 5.92. The van der Waals surface area contributed by atoms with Gasteiger partial charge < -0.3 is 25.8 Å². The number of pyridine rings is 2. The summed E-state index contributed by atoms with van der Waals surface area (Å²) in [5.41, 5.74) is -0.403. The Labute approximate surface area is 208 Å². The van der Waals surface area contributed by atoms with Crippen LogP contribution >= 0.6 is 0 Å². The standard InChI is InChI=1S/C26H30FN5O4/c1-26(2,3)36-25(35)31-20-11-7-6-10-19(20)29-23-18(27)12-17(24(33)34)22(32-23)30-21-14-28-13-15-8-4-5-9-16(15)21/h4-5,8-9,12-14,19-20H,6-7,10-11H2,1-3H3,(H,31,35)(H,33,34)(H2,29,30,32)/t19-,20+/m1/s1. The molecule has 2 heterocycles. The second-order valence-electron chi connectivity index (χ2n) is 9.84. The Kier molecular flexibility index (Phi) is 7.23. The van der Waals surface area contributed by atoms with Crippen molar-refractivity contribution in [3.63, 3.8) is 0 Å². The van der Waals surface area contributed by atoms with Crippen LogP contribution in [0.25, 0.3) is 10.8 Å². The molecule has 0 spiro atoms. The second kappa shape index (κ2) is 10.3. The van der Waals surface area contributed by atoms with Gasteiger partial charge in [-0.2, -0.15) is 0 Å². The lowest BCUT2D eigenvalue weighted by Crippen LogP contribution is -2.50. The first-order valence-corrected chi connectivity index (χ1v) is 11.9. The fourth-order valence-electron chi connectivity index (χ4n) is 4.30. The van der Waals surface area contributed by atoms with Crippen LogP contribution in [0.3, 0.4) is 0 Å². The number of carboxylic acids is 1. The summed E-state index contributed by atoms with van der Waals surface area (Å²) in [6.07, 6.45) is 5.90. The molecule has 2 atom stereocenters. The molecule has 1 aliphatic rings. The summed E-state index contributed by atoms with van der Waals surface area (Å²) in [6.45, 7) is 5.35. The minimum Gasteiger partial charge on any atom is -0.478 e. The molecule has 0 aliphatic heterocycles. The molecule has 1 saturated carbocycles. The van der Waals surface area contributed by atoms with Crippen molar-refractivity contribution >= 4 is 40.2 Å². The van der Waals surface area contributed by atoms with E-state index < -0.39 is 23.5 Å². The van der Waals surface area contributed by atoms with Crippen molar-refractivity contribution in [1.82, 2.24) is 15.3 Å². The van der Waals surface area contributed by atoms with E-state index in [0.29, 0.717) is 18.5 Å². The average molecular weight is 496 g/mol. The highest BCUT2D eigenvalue weighted by atomic mass is 19.1. The summed E-state index contributed by atoms with van der Waals surface area (Å²) in [7, 11) is 0. The van der Waals surface area contributed by atoms with Crippen LogP contribution in [0.1, 0.15) is 56.8 Å². The number of carboxylic acid groups (broad SMARTS) is 1. The van der Waals surface area contributed by atoms with Gasteiger partial charge in [-0.25, -0.2) is 19.0 Å². The van der Waals surface area contributed by atoms with E-state index in [1.54, 1.807) is 33.2 Å². The number of fused-ring (bicyclic) bond motifs is 1. The van der Waals surface area contributed by atoms with Crippen molar-refractivity contribution in [3.05, 3.63) is 54.1 Å². The SMILES string of the molecule is CC(C)(C)OC(=O)N[C@H]1CCCC[C@H]1Nc1nc(Nc2cncc3ccccc23)c(C(=O)O)cc1F. The number of halogens is 1. The summed E-state index contributed by atoms with van der Waals surface area (Å²) < 4.78 is 20.4. The van der Waals surface area contributed by atoms with E-state index >= 15 is 4.39 Å². The van der Waals surface area contributed by atoms with Crippen LogP contribution in [0.4, 0.5) is 26.5 Å². The third kappa shape index (κ3) is 5.99. The highest BCUT2D eigenvalue weighted by Gasteiger charge is 2.30. The van der Waals surface area contributed by atoms with Crippen LogP contribution in [-0.2, 0) is 4.74 Å². The normalized spacial score (nSPS) is 17.9. The molecule has 0 saturated heterocycles. The van der Waals surface area contributed by atoms with E-state index in [-0.39, 0.29) is 29.3 Å². The Bertz CT molecular complexity index is 1270. The number of alkyl carbamates (subject to hydrolysis) is 1. The fourth-order valence-corrected chi connectivity index (χ4v) is 4.30. The van der Waals surface area contributed by atoms with Crippen molar-refractivity contribution in [2.45, 2.75) is 64.1 Å². The molecule has 1 fully saturated rings. The quantitative estimate of drug-likeness (QED) is 0.355. The van der Waals surface area contributed by atoms with Gasteiger partial charge in [0.15, 0.2) is 11.6 Å². The second-order valence-corrected chi connectivity index (χ2v) is 9.84. The molecule has 1 aromatic carbocycles. The lowest BCUT2D eigenvalue weighted by Gasteiger charge is -2.34. The van der Waals surface area contributed by atoms with Crippen molar-refractivity contribution in [2.75, 3.05) is 10.6 Å². The first-order chi connectivity index (χ1) is 17.1. The van der Waals surface area contributed by atoms with Crippen LogP contribution in [0.2, 0.25) is 0 Å². The number of rotatable bonds is 6. The van der Waals surface area contributed by atoms with E-state index in [4.69, 9.17) is 4.74 Å². The van der Waals surface area contributed by atoms with E-state index in [2.05, 4.69) is 25.9 Å². The molecular formula is C26H30FN5O4. The molecule has 9 nitrogen and oxygen atoms in total. The Hall–Kier alpha value is -3.95. The maximum absolute atomic E-state index is 15.0. The van der Waals surface area contributed by atoms with Crippen molar-refractivity contribution < 1.29 is 23.8 Å². The smallest absolute Gasteiger partial charge is 0.407 e. The number of aromatic nitrogens is 2. The number of anilines is 3. The van der Waals surface area contributed by atoms with E-state index in [9.17, 15) is 14.7 Å². The highest BCUT2D eigenvalue weighted by molar-refractivity contribution is 5.98. The Morgan fingerprint density at radius 1 is 1.08 bits per heavy atom. The molecule has 190 valence electrons. The van der Waals surface area contributed by atoms with Gasteiger partial charge in [-0.15, -0.1) is 0 Å². The van der Waals surface area contributed by atoms with Crippen LogP contribution < -0.4 is 16.0 Å². The van der Waals surface area contributed by atoms with Crippen LogP contribution in [-0.4, -0.2) is 44.8 Å². The largest absolute Gasteiger partial charge is 0.478 e. The maximum atomic E-state index is 15.0. The van der Waals surface area contributed by atoms with E-state index in [0.717, 1.165) is 29.7 Å². The van der Waals surface area contributed by atoms with Gasteiger partial charge in [0, 0.05) is 23.0 Å². The highest BCUT2D eigenvalue weighted by Crippen LogP contribution is 2.30. The number of carbonyl (C=O) groups excluding carboxylic acids is 1. The summed E-state index contributed by atoms with van der Waals surface area (Å²) in [5, 5.41) is 20.4. The van der Waals surface area contributed by atoms with Crippen molar-refractivity contribution in [2.24, 2.45) is 0 Å². The molecule has 3 aromatic rings. The lowest BCUT2D eigenvalue weighted by atomic mass is 9.90. The molecule has 1 amide bonds. The Balaban J connectivity index is 1.61. The van der Waals surface area contributed by atoms with Crippen LogP contribution in [0.5, 0.6) is 0 Å². The van der Waals surface area contributed by atoms with Gasteiger partial charge in [0.05, 0.1) is 17.9 Å². The zero-order valence-corrected chi connectivity index (χ0v) is 20.5. The number of nitrogens with zero attached hydrogens (tertiary/aromatic N) is 2. The molecule has 2 aromatic heterocycles. The van der Waals surface area contributed by atoms with E-state index in [1.807, 2.05) is 24.3 Å². The topological polar surface area (TPSA) is 125 Å². The molecular weight excluding hydrogens is 465 g/mol. The maximum Gasteiger partial charge on any atom is 0.407 e. The number of hydrogen-bond donors (Lipinski definition) is 4. The Morgan fingerprint density at radius 3 is 2.53 bits per heavy atom. The summed E-state index contributed by atoms with van der Waals surface area (Å²) >= 11 is 0. The van der Waals surface area contributed by atoms with Crippen molar-refractivity contribution in [1.29, 1.82) is 0 Å². The molecule has 0 radical (unpaired) electrons. The van der Waals surface area contributed by atoms with Crippen molar-refractivity contribution in [3.8, 4) is 0 Å². The predicted molar refractivity (Wildman–Crippen MR) is 135 cm³/mol. The van der Waals surface area contributed by atoms with Crippen LogP contribution in [0, 0.1) is 5.82 Å². The third-order valence-electron chi connectivity index (χ3n) is 5.92. The number of carbonyl (C=O) groups is 2. The molecule has 1 aliphatic carbocycles. The predicted octanol–water partition coefficient (Wildman–Crippen LogP) is 5.46. The lowest BCUT2D eigenvalue weighted by molar-refractivity contribution is 0.0488. The van der Waals surface area contributed by atoms with Crippen LogP contribution in [0.15, 0.2) is 42.7 Å². The first kappa shape index (κ1) is 25.2. The molecule has 0 unspecified atom stereocenters. The van der Waals surface area contributed by atoms with Gasteiger partial charge in [-0.3, -0.25) is 4.98 Å². The molecule has 0 bridgehead atoms. The van der Waals surface area contributed by atoms with Gasteiger partial charge in [0.2, 0.25) is 0 Å². The molecule has 36 heavy (non-hydrogen) atoms. The summed E-state index contributed by atoms with van der Waals surface area (Å²) in [6, 6.07) is 7.83. The zero-order chi connectivity index (χ0) is 25.9. The van der Waals surface area contributed by atoms with Gasteiger partial charge in [-0.05, 0) is 39.7 Å². The number of ether oxygens (including phenoxy) is 1. The van der Waals surface area contributed by atoms with Gasteiger partial charge in [0.1, 0.15) is 17.0 Å². The average Bonchev–Trinajstić information content (AvgIpc) is 2.81. The minimum absolute atomic E-state index is 0.0167. The Morgan fingerprint density at radius 2 is 1.81 bits per heavy atom. The van der Waals surface area contributed by atoms with Gasteiger partial charge in [-0.1, -0.05) is 37.1 Å². The van der Waals surface area contributed by atoms with E-state index in [1.165, 1.54) is 0 Å². The van der Waals surface area contributed by atoms with Gasteiger partial charge in [0.25, 0.3) is 0 Å². The summed E-state index contributed by atoms with van der Waals surface area (Å²) in [5.74, 6) is -2.23. The number of hydrogen-bond acceptors (Lipinski definition) is 7. The number of aromatic carboxylic acids is 1. The molecule has 10 heteroatoms. The minimum atomic E-state index is -1.31. The first-order valence-electron chi connectivity index (χ1n) is 11.9. The monoisotopic (exact) mass is 495 g/mol. The number of benzene rings is 1. The molecule has 4 N–H and O–H groups in total. The summed E-state index contributed by atoms with van der Waals surface area (Å²) in [4.78, 5) is 32.7.